The summed E-state index contributed by atoms with van der Waals surface area (Å²) in [5.74, 6) is 1.40. The highest BCUT2D eigenvalue weighted by atomic mass is 16.2. The lowest BCUT2D eigenvalue weighted by Gasteiger charge is -2.19. The molecular weight excluding hydrogens is 406 g/mol. The molecule has 0 atom stereocenters. The van der Waals surface area contributed by atoms with E-state index in [9.17, 15) is 9.59 Å². The number of amides is 2. The molecular formula is C23H23N7O2. The van der Waals surface area contributed by atoms with E-state index < -0.39 is 0 Å². The van der Waals surface area contributed by atoms with E-state index in [-0.39, 0.29) is 17.2 Å². The zero-order chi connectivity index (χ0) is 22.5. The molecule has 0 fully saturated rings. The van der Waals surface area contributed by atoms with Gasteiger partial charge in [-0.25, -0.2) is 0 Å². The highest BCUT2D eigenvalue weighted by molar-refractivity contribution is 6.00. The molecule has 2 aliphatic rings. The molecule has 3 aromatic rings. The maximum atomic E-state index is 11.6. The van der Waals surface area contributed by atoms with Crippen molar-refractivity contribution in [1.82, 2.24) is 15.0 Å². The van der Waals surface area contributed by atoms with Crippen LogP contribution in [0.15, 0.2) is 36.4 Å². The summed E-state index contributed by atoms with van der Waals surface area (Å²) in [5, 5.41) is 12.2. The van der Waals surface area contributed by atoms with Crippen molar-refractivity contribution in [3.63, 3.8) is 0 Å². The molecule has 2 aliphatic heterocycles. The van der Waals surface area contributed by atoms with Crippen LogP contribution in [-0.4, -0.2) is 26.8 Å². The number of anilines is 6. The fraction of sp³-hybridized carbons (Fsp3) is 0.261. The van der Waals surface area contributed by atoms with Gasteiger partial charge in [-0.1, -0.05) is 32.9 Å². The summed E-state index contributed by atoms with van der Waals surface area (Å²) in [6.45, 7) is 6.10. The molecule has 3 heterocycles. The van der Waals surface area contributed by atoms with Gasteiger partial charge in [-0.15, -0.1) is 0 Å². The molecule has 162 valence electrons. The molecule has 1 aromatic heterocycles. The lowest BCUT2D eigenvalue weighted by atomic mass is 9.96. The minimum Gasteiger partial charge on any atom is -0.325 e. The van der Waals surface area contributed by atoms with E-state index in [1.165, 1.54) is 0 Å². The molecule has 9 nitrogen and oxygen atoms in total. The number of hydrogen-bond acceptors (Lipinski definition) is 7. The lowest BCUT2D eigenvalue weighted by molar-refractivity contribution is -0.115. The number of aromatic nitrogens is 3. The van der Waals surface area contributed by atoms with Crippen LogP contribution in [0.5, 0.6) is 0 Å². The Hall–Kier alpha value is -4.01. The van der Waals surface area contributed by atoms with Crippen molar-refractivity contribution in [1.29, 1.82) is 0 Å². The number of nitrogens with zero attached hydrogens (tertiary/aromatic N) is 3. The number of fused-ring (bicyclic) bond motifs is 2. The van der Waals surface area contributed by atoms with E-state index >= 15 is 0 Å². The van der Waals surface area contributed by atoms with E-state index in [0.717, 1.165) is 33.9 Å². The number of hydrogen-bond donors (Lipinski definition) is 4. The quantitative estimate of drug-likeness (QED) is 0.499. The van der Waals surface area contributed by atoms with Crippen molar-refractivity contribution in [2.45, 2.75) is 39.0 Å². The molecule has 0 bridgehead atoms. The first-order valence-electron chi connectivity index (χ1n) is 10.4. The second-order valence-corrected chi connectivity index (χ2v) is 9.00. The molecule has 0 spiro atoms. The smallest absolute Gasteiger partial charge is 0.232 e. The molecule has 0 radical (unpaired) electrons. The van der Waals surface area contributed by atoms with Crippen molar-refractivity contribution >= 4 is 46.5 Å². The van der Waals surface area contributed by atoms with E-state index in [2.05, 4.69) is 36.2 Å². The second kappa shape index (κ2) is 7.30. The number of rotatable bonds is 4. The van der Waals surface area contributed by atoms with Crippen LogP contribution in [0.2, 0.25) is 0 Å². The van der Waals surface area contributed by atoms with Crippen LogP contribution in [-0.2, 0) is 27.8 Å². The van der Waals surface area contributed by atoms with Gasteiger partial charge in [0.1, 0.15) is 5.82 Å². The van der Waals surface area contributed by atoms with Gasteiger partial charge in [-0.2, -0.15) is 15.0 Å². The minimum atomic E-state index is -0.298. The Morgan fingerprint density at radius 1 is 0.750 bits per heavy atom. The highest BCUT2D eigenvalue weighted by Gasteiger charge is 2.22. The Morgan fingerprint density at radius 3 is 1.66 bits per heavy atom. The summed E-state index contributed by atoms with van der Waals surface area (Å²) in [7, 11) is 0. The Balaban J connectivity index is 1.44. The monoisotopic (exact) mass is 429 g/mol. The molecule has 2 aromatic carbocycles. The third kappa shape index (κ3) is 3.96. The SMILES string of the molecule is CC(C)(C)c1nc(Nc2ccc3c(c2)NC(=O)C3)nc(Nc2ccc3c(c2)NC(=O)C3)n1. The van der Waals surface area contributed by atoms with Gasteiger partial charge in [0.2, 0.25) is 23.7 Å². The van der Waals surface area contributed by atoms with Crippen molar-refractivity contribution < 1.29 is 9.59 Å². The molecule has 32 heavy (non-hydrogen) atoms. The average molecular weight is 429 g/mol. The molecule has 9 heteroatoms. The largest absolute Gasteiger partial charge is 0.325 e. The molecule has 0 saturated carbocycles. The summed E-state index contributed by atoms with van der Waals surface area (Å²) in [6, 6.07) is 11.4. The van der Waals surface area contributed by atoms with Gasteiger partial charge in [0.05, 0.1) is 12.8 Å². The third-order valence-corrected chi connectivity index (χ3v) is 5.29. The van der Waals surface area contributed by atoms with Crippen LogP contribution < -0.4 is 21.3 Å². The van der Waals surface area contributed by atoms with E-state index in [0.29, 0.717) is 30.6 Å². The van der Waals surface area contributed by atoms with Gasteiger partial charge >= 0.3 is 0 Å². The molecule has 0 aliphatic carbocycles. The zero-order valence-electron chi connectivity index (χ0n) is 18.0. The lowest BCUT2D eigenvalue weighted by Crippen LogP contribution is -2.19. The number of carbonyl (C=O) groups is 2. The Morgan fingerprint density at radius 2 is 1.22 bits per heavy atom. The van der Waals surface area contributed by atoms with E-state index in [4.69, 9.17) is 0 Å². The number of carbonyl (C=O) groups excluding carboxylic acids is 2. The average Bonchev–Trinajstić information content (AvgIpc) is 3.26. The van der Waals surface area contributed by atoms with Crippen molar-refractivity contribution in [2.75, 3.05) is 21.3 Å². The predicted molar refractivity (Wildman–Crippen MR) is 123 cm³/mol. The standard InChI is InChI=1S/C23H23N7O2/c1-23(2,3)20-28-21(24-14-6-4-12-8-18(31)26-16(12)10-14)30-22(29-20)25-15-7-5-13-9-19(32)27-17(13)11-15/h4-7,10-11H,8-9H2,1-3H3,(H,26,31)(H,27,32)(H2,24,25,28,29,30). The summed E-state index contributed by atoms with van der Waals surface area (Å²) >= 11 is 0. The van der Waals surface area contributed by atoms with Crippen LogP contribution in [0.1, 0.15) is 37.7 Å². The van der Waals surface area contributed by atoms with Gasteiger partial charge in [-0.05, 0) is 35.4 Å². The first-order valence-corrected chi connectivity index (χ1v) is 10.4. The van der Waals surface area contributed by atoms with Crippen molar-refractivity contribution in [3.8, 4) is 0 Å². The Bertz CT molecular complexity index is 1180. The third-order valence-electron chi connectivity index (χ3n) is 5.29. The van der Waals surface area contributed by atoms with Crippen LogP contribution in [0.25, 0.3) is 0 Å². The maximum Gasteiger partial charge on any atom is 0.232 e. The first kappa shape index (κ1) is 19.9. The fourth-order valence-corrected chi connectivity index (χ4v) is 3.67. The summed E-state index contributed by atoms with van der Waals surface area (Å²) < 4.78 is 0. The highest BCUT2D eigenvalue weighted by Crippen LogP contribution is 2.30. The van der Waals surface area contributed by atoms with Crippen molar-refractivity contribution in [3.05, 3.63) is 53.3 Å². The van der Waals surface area contributed by atoms with Gasteiger partial charge in [0, 0.05) is 28.2 Å². The summed E-state index contributed by atoms with van der Waals surface area (Å²) in [6.07, 6.45) is 0.787. The van der Waals surface area contributed by atoms with Crippen LogP contribution in [0, 0.1) is 0 Å². The van der Waals surface area contributed by atoms with E-state index in [1.54, 1.807) is 0 Å². The molecule has 0 saturated heterocycles. The zero-order valence-corrected chi connectivity index (χ0v) is 18.0. The summed E-state index contributed by atoms with van der Waals surface area (Å²) in [5.41, 5.74) is 4.77. The fourth-order valence-electron chi connectivity index (χ4n) is 3.67. The second-order valence-electron chi connectivity index (χ2n) is 9.00. The maximum absolute atomic E-state index is 11.6. The van der Waals surface area contributed by atoms with Gasteiger partial charge in [0.15, 0.2) is 0 Å². The van der Waals surface area contributed by atoms with Crippen LogP contribution in [0.3, 0.4) is 0 Å². The van der Waals surface area contributed by atoms with Gasteiger partial charge in [0.25, 0.3) is 0 Å². The minimum absolute atomic E-state index is 0.00986. The first-order chi connectivity index (χ1) is 15.2. The Labute approximate surface area is 185 Å². The van der Waals surface area contributed by atoms with Gasteiger partial charge < -0.3 is 21.3 Å². The molecule has 5 rings (SSSR count). The number of benzene rings is 2. The predicted octanol–water partition coefficient (Wildman–Crippen LogP) is 3.65. The normalized spacial score (nSPS) is 14.5. The summed E-state index contributed by atoms with van der Waals surface area (Å²) in [4.78, 5) is 37.0. The van der Waals surface area contributed by atoms with Crippen LogP contribution in [0.4, 0.5) is 34.6 Å². The number of nitrogens with one attached hydrogen (secondary N) is 4. The Kier molecular flexibility index (Phi) is 4.54. The van der Waals surface area contributed by atoms with Crippen LogP contribution >= 0.6 is 0 Å². The van der Waals surface area contributed by atoms with E-state index in [1.807, 2.05) is 57.2 Å². The molecule has 4 N–H and O–H groups in total. The molecule has 0 unspecified atom stereocenters. The molecule has 2 amide bonds. The topological polar surface area (TPSA) is 121 Å². The van der Waals surface area contributed by atoms with Crippen molar-refractivity contribution in [2.24, 2.45) is 0 Å². The van der Waals surface area contributed by atoms with Gasteiger partial charge in [-0.3, -0.25) is 9.59 Å².